The number of halogens is 1. The molecule has 3 heteroatoms. The summed E-state index contributed by atoms with van der Waals surface area (Å²) in [6.07, 6.45) is 1.23. The summed E-state index contributed by atoms with van der Waals surface area (Å²) in [6, 6.07) is 0. The van der Waals surface area contributed by atoms with Crippen LogP contribution < -0.4 is 0 Å². The van der Waals surface area contributed by atoms with E-state index in [4.69, 9.17) is 0 Å². The number of carbonyl (C=O) groups is 1. The summed E-state index contributed by atoms with van der Waals surface area (Å²) in [5, 5.41) is 0. The molecule has 0 amide bonds. The largest absolute Gasteiger partial charge is 0.461 e. The number of hydrogen-bond donors (Lipinski definition) is 0. The summed E-state index contributed by atoms with van der Waals surface area (Å²) in [6.45, 7) is 5.43. The normalized spacial score (nSPS) is 11.9. The van der Waals surface area contributed by atoms with Crippen molar-refractivity contribution in [1.82, 2.24) is 0 Å². The van der Waals surface area contributed by atoms with E-state index in [-0.39, 0.29) is 12.5 Å². The lowest BCUT2D eigenvalue weighted by Crippen LogP contribution is -2.04. The Morgan fingerprint density at radius 3 is 2.55 bits per heavy atom. The molecule has 0 unspecified atom stereocenters. The molecule has 0 aromatic rings. The summed E-state index contributed by atoms with van der Waals surface area (Å²) in [7, 11) is 0. The van der Waals surface area contributed by atoms with Gasteiger partial charge in [0.05, 0.1) is 6.61 Å². The number of rotatable bonds is 3. The molecule has 0 aliphatic rings. The van der Waals surface area contributed by atoms with Gasteiger partial charge in [0.2, 0.25) is 5.83 Å². The summed E-state index contributed by atoms with van der Waals surface area (Å²) in [5.41, 5.74) is 0. The Kier molecular flexibility index (Phi) is 4.50. The lowest BCUT2D eigenvalue weighted by Gasteiger charge is -1.99. The maximum atomic E-state index is 12.6. The van der Waals surface area contributed by atoms with Gasteiger partial charge in [-0.25, -0.2) is 4.79 Å². The molecule has 0 rings (SSSR count). The zero-order valence-corrected chi connectivity index (χ0v) is 7.06. The van der Waals surface area contributed by atoms with E-state index in [9.17, 15) is 9.18 Å². The summed E-state index contributed by atoms with van der Waals surface area (Å²) in [4.78, 5) is 10.6. The lowest BCUT2D eigenvalue weighted by atomic mass is 10.2. The fraction of sp³-hybridized carbons (Fsp3) is 0.625. The quantitative estimate of drug-likeness (QED) is 0.466. The van der Waals surface area contributed by atoms with Gasteiger partial charge in [0.15, 0.2) is 0 Å². The molecule has 0 heterocycles. The zero-order valence-electron chi connectivity index (χ0n) is 7.06. The van der Waals surface area contributed by atoms with Crippen molar-refractivity contribution in [2.75, 3.05) is 6.61 Å². The molecule has 0 spiro atoms. The van der Waals surface area contributed by atoms with Crippen LogP contribution in [0.5, 0.6) is 0 Å². The first kappa shape index (κ1) is 10.1. The highest BCUT2D eigenvalue weighted by Crippen LogP contribution is 2.05. The third-order valence-corrected chi connectivity index (χ3v) is 0.950. The van der Waals surface area contributed by atoms with Gasteiger partial charge in [-0.15, -0.1) is 0 Å². The molecule has 0 aliphatic carbocycles. The van der Waals surface area contributed by atoms with Crippen molar-refractivity contribution in [3.63, 3.8) is 0 Å². The van der Waals surface area contributed by atoms with Gasteiger partial charge < -0.3 is 4.74 Å². The van der Waals surface area contributed by atoms with Crippen LogP contribution in [0.1, 0.15) is 20.8 Å². The first-order valence-corrected chi connectivity index (χ1v) is 3.62. The van der Waals surface area contributed by atoms with Crippen molar-refractivity contribution >= 4 is 5.97 Å². The Labute approximate surface area is 66.0 Å². The Bertz CT molecular complexity index is 161. The van der Waals surface area contributed by atoms with Gasteiger partial charge >= 0.3 is 5.97 Å². The Morgan fingerprint density at radius 2 is 2.18 bits per heavy atom. The minimum atomic E-state index is -0.874. The van der Waals surface area contributed by atoms with Crippen LogP contribution in [0, 0.1) is 5.92 Å². The fourth-order valence-corrected chi connectivity index (χ4v) is 0.561. The average molecular weight is 160 g/mol. The van der Waals surface area contributed by atoms with E-state index < -0.39 is 11.8 Å². The van der Waals surface area contributed by atoms with Gasteiger partial charge in [0.25, 0.3) is 0 Å². The van der Waals surface area contributed by atoms with Gasteiger partial charge in [0, 0.05) is 0 Å². The predicted molar refractivity (Wildman–Crippen MR) is 40.7 cm³/mol. The minimum absolute atomic E-state index is 0.0272. The van der Waals surface area contributed by atoms with Crippen LogP contribution in [0.15, 0.2) is 11.9 Å². The second-order valence-electron chi connectivity index (χ2n) is 2.48. The smallest absolute Gasteiger partial charge is 0.366 e. The first-order chi connectivity index (χ1) is 5.07. The molecular formula is C8H13FO2. The van der Waals surface area contributed by atoms with Crippen molar-refractivity contribution in [3.05, 3.63) is 11.9 Å². The number of ether oxygens (including phenoxy) is 1. The standard InChI is InChI=1S/C8H13FO2/c1-4-11-8(10)7(9)5-6(2)3/h5-6H,4H2,1-3H3. The Morgan fingerprint density at radius 1 is 1.64 bits per heavy atom. The molecule has 0 aromatic heterocycles. The summed E-state index contributed by atoms with van der Waals surface area (Å²) >= 11 is 0. The highest BCUT2D eigenvalue weighted by molar-refractivity contribution is 5.85. The molecule has 0 atom stereocenters. The van der Waals surface area contributed by atoms with Gasteiger partial charge in [-0.1, -0.05) is 13.8 Å². The topological polar surface area (TPSA) is 26.3 Å². The van der Waals surface area contributed by atoms with Crippen LogP contribution in [-0.4, -0.2) is 12.6 Å². The van der Waals surface area contributed by atoms with Crippen molar-refractivity contribution in [3.8, 4) is 0 Å². The molecule has 0 saturated carbocycles. The SMILES string of the molecule is CCOC(=O)C(F)=CC(C)C. The Balaban J connectivity index is 4.01. The molecule has 0 saturated heterocycles. The van der Waals surface area contributed by atoms with Crippen LogP contribution in [-0.2, 0) is 9.53 Å². The first-order valence-electron chi connectivity index (χ1n) is 3.62. The molecule has 2 nitrogen and oxygen atoms in total. The number of hydrogen-bond acceptors (Lipinski definition) is 2. The van der Waals surface area contributed by atoms with Crippen LogP contribution >= 0.6 is 0 Å². The zero-order chi connectivity index (χ0) is 8.85. The molecule has 0 aromatic carbocycles. The van der Waals surface area contributed by atoms with E-state index >= 15 is 0 Å². The fourth-order valence-electron chi connectivity index (χ4n) is 0.561. The maximum absolute atomic E-state index is 12.6. The van der Waals surface area contributed by atoms with Gasteiger partial charge in [0.1, 0.15) is 0 Å². The molecule has 0 N–H and O–H groups in total. The van der Waals surface area contributed by atoms with Crippen molar-refractivity contribution < 1.29 is 13.9 Å². The summed E-state index contributed by atoms with van der Waals surface area (Å²) in [5.74, 6) is -1.65. The molecule has 64 valence electrons. The average Bonchev–Trinajstić information content (AvgIpc) is 1.86. The molecule has 0 radical (unpaired) electrons. The lowest BCUT2D eigenvalue weighted by molar-refractivity contribution is -0.140. The highest BCUT2D eigenvalue weighted by atomic mass is 19.1. The van der Waals surface area contributed by atoms with Crippen molar-refractivity contribution in [2.24, 2.45) is 5.92 Å². The van der Waals surface area contributed by atoms with E-state index in [0.29, 0.717) is 0 Å². The van der Waals surface area contributed by atoms with Crippen LogP contribution in [0.4, 0.5) is 4.39 Å². The van der Waals surface area contributed by atoms with Gasteiger partial charge in [-0.2, -0.15) is 4.39 Å². The third kappa shape index (κ3) is 4.53. The van der Waals surface area contributed by atoms with E-state index in [2.05, 4.69) is 4.74 Å². The van der Waals surface area contributed by atoms with E-state index in [1.165, 1.54) is 6.08 Å². The monoisotopic (exact) mass is 160 g/mol. The second-order valence-corrected chi connectivity index (χ2v) is 2.48. The van der Waals surface area contributed by atoms with E-state index in [1.807, 2.05) is 0 Å². The number of allylic oxidation sites excluding steroid dienone is 1. The van der Waals surface area contributed by atoms with Crippen LogP contribution in [0.3, 0.4) is 0 Å². The molecule has 11 heavy (non-hydrogen) atoms. The molecule has 0 fully saturated rings. The number of carbonyl (C=O) groups excluding carboxylic acids is 1. The minimum Gasteiger partial charge on any atom is -0.461 e. The van der Waals surface area contributed by atoms with Crippen molar-refractivity contribution in [2.45, 2.75) is 20.8 Å². The summed E-state index contributed by atoms with van der Waals surface area (Å²) < 4.78 is 17.0. The Hall–Kier alpha value is -0.860. The third-order valence-electron chi connectivity index (χ3n) is 0.950. The highest BCUT2D eigenvalue weighted by Gasteiger charge is 2.08. The molecular weight excluding hydrogens is 147 g/mol. The van der Waals surface area contributed by atoms with Crippen molar-refractivity contribution in [1.29, 1.82) is 0 Å². The van der Waals surface area contributed by atoms with Crippen LogP contribution in [0.25, 0.3) is 0 Å². The second kappa shape index (κ2) is 4.88. The van der Waals surface area contributed by atoms with Gasteiger partial charge in [-0.3, -0.25) is 0 Å². The van der Waals surface area contributed by atoms with Gasteiger partial charge in [-0.05, 0) is 18.9 Å². The van der Waals surface area contributed by atoms with E-state index in [1.54, 1.807) is 20.8 Å². The van der Waals surface area contributed by atoms with E-state index in [0.717, 1.165) is 0 Å². The molecule has 0 aliphatic heterocycles. The maximum Gasteiger partial charge on any atom is 0.366 e. The number of esters is 1. The molecule has 0 bridgehead atoms. The predicted octanol–water partition coefficient (Wildman–Crippen LogP) is 2.06. The van der Waals surface area contributed by atoms with Crippen LogP contribution in [0.2, 0.25) is 0 Å².